The number of benzene rings is 1. The molecule has 1 heterocycles. The van der Waals surface area contributed by atoms with Crippen LogP contribution in [0.3, 0.4) is 0 Å². The third-order valence-corrected chi connectivity index (χ3v) is 6.04. The first-order valence-electron chi connectivity index (χ1n) is 7.67. The van der Waals surface area contributed by atoms with Crippen molar-refractivity contribution in [1.82, 2.24) is 4.90 Å². The van der Waals surface area contributed by atoms with Gasteiger partial charge in [0.1, 0.15) is 0 Å². The zero-order chi connectivity index (χ0) is 13.2. The highest BCUT2D eigenvalue weighted by atomic mass is 32.2. The van der Waals surface area contributed by atoms with Crippen LogP contribution < -0.4 is 0 Å². The largest absolute Gasteiger partial charge is 0.302 e. The van der Waals surface area contributed by atoms with Crippen LogP contribution in [0.5, 0.6) is 0 Å². The third kappa shape index (κ3) is 3.17. The summed E-state index contributed by atoms with van der Waals surface area (Å²) in [6.07, 6.45) is 6.93. The maximum atomic E-state index is 2.64. The first kappa shape index (κ1) is 13.5. The lowest BCUT2D eigenvalue weighted by Crippen LogP contribution is -2.39. The molecular weight excluding hydrogens is 250 g/mol. The van der Waals surface area contributed by atoms with Gasteiger partial charge < -0.3 is 4.90 Å². The second kappa shape index (κ2) is 5.88. The number of rotatable bonds is 3. The molecule has 1 aromatic carbocycles. The van der Waals surface area contributed by atoms with Gasteiger partial charge in [-0.05, 0) is 43.9 Å². The molecular formula is C17H25NS. The van der Waals surface area contributed by atoms with Gasteiger partial charge in [0.25, 0.3) is 0 Å². The smallest absolute Gasteiger partial charge is 0.0263 e. The van der Waals surface area contributed by atoms with Crippen molar-refractivity contribution in [1.29, 1.82) is 0 Å². The number of fused-ring (bicyclic) bond motifs is 1. The quantitative estimate of drug-likeness (QED) is 0.813. The maximum Gasteiger partial charge on any atom is 0.0263 e. The molecule has 0 spiro atoms. The minimum Gasteiger partial charge on any atom is -0.302 e. The molecule has 0 bridgehead atoms. The van der Waals surface area contributed by atoms with Crippen LogP contribution in [0.1, 0.15) is 38.2 Å². The first-order valence-corrected chi connectivity index (χ1v) is 8.55. The lowest BCUT2D eigenvalue weighted by atomic mass is 9.86. The summed E-state index contributed by atoms with van der Waals surface area (Å²) in [6.45, 7) is 3.66. The van der Waals surface area contributed by atoms with E-state index in [1.54, 1.807) is 5.56 Å². The highest BCUT2D eigenvalue weighted by Crippen LogP contribution is 2.37. The summed E-state index contributed by atoms with van der Waals surface area (Å²) in [5.41, 5.74) is 1.56. The molecule has 1 aromatic rings. The second-order valence-electron chi connectivity index (χ2n) is 6.42. The van der Waals surface area contributed by atoms with Crippen LogP contribution in [-0.4, -0.2) is 29.8 Å². The van der Waals surface area contributed by atoms with Gasteiger partial charge in [-0.3, -0.25) is 0 Å². The lowest BCUT2D eigenvalue weighted by Gasteiger charge is -2.35. The van der Waals surface area contributed by atoms with E-state index < -0.39 is 0 Å². The fraction of sp³-hybridized carbons (Fsp3) is 0.647. The zero-order valence-electron chi connectivity index (χ0n) is 12.1. The summed E-state index contributed by atoms with van der Waals surface area (Å²) in [7, 11) is 2.34. The van der Waals surface area contributed by atoms with E-state index in [1.165, 1.54) is 43.5 Å². The molecule has 0 amide bonds. The van der Waals surface area contributed by atoms with Crippen molar-refractivity contribution in [3.63, 3.8) is 0 Å². The Balaban J connectivity index is 1.55. The van der Waals surface area contributed by atoms with Crippen molar-refractivity contribution >= 4 is 11.8 Å². The van der Waals surface area contributed by atoms with E-state index in [-0.39, 0.29) is 0 Å². The fourth-order valence-electron chi connectivity index (χ4n) is 3.63. The maximum absolute atomic E-state index is 2.64. The van der Waals surface area contributed by atoms with Crippen LogP contribution in [-0.2, 0) is 6.42 Å². The molecule has 0 aromatic heterocycles. The van der Waals surface area contributed by atoms with E-state index in [4.69, 9.17) is 0 Å². The molecule has 104 valence electrons. The van der Waals surface area contributed by atoms with E-state index in [9.17, 15) is 0 Å². The number of thioether (sulfide) groups is 1. The van der Waals surface area contributed by atoms with Gasteiger partial charge in [-0.2, -0.15) is 0 Å². The Hall–Kier alpha value is -0.470. The Bertz CT molecular complexity index is 406. The van der Waals surface area contributed by atoms with Crippen molar-refractivity contribution in [2.24, 2.45) is 5.92 Å². The highest BCUT2D eigenvalue weighted by Gasteiger charge is 2.27. The lowest BCUT2D eigenvalue weighted by molar-refractivity contribution is 0.165. The van der Waals surface area contributed by atoms with Gasteiger partial charge in [-0.15, -0.1) is 11.8 Å². The SMILES string of the molecule is CC1CCCC(N(C)CC2Cc3ccccc3S2)C1. The minimum absolute atomic E-state index is 0.764. The van der Waals surface area contributed by atoms with Gasteiger partial charge in [-0.1, -0.05) is 38.0 Å². The zero-order valence-corrected chi connectivity index (χ0v) is 13.0. The van der Waals surface area contributed by atoms with E-state index >= 15 is 0 Å². The predicted octanol–water partition coefficient (Wildman–Crippen LogP) is 4.21. The monoisotopic (exact) mass is 275 g/mol. The average Bonchev–Trinajstić information content (AvgIpc) is 2.80. The topological polar surface area (TPSA) is 3.24 Å². The van der Waals surface area contributed by atoms with E-state index in [2.05, 4.69) is 54.9 Å². The molecule has 1 aliphatic heterocycles. The Morgan fingerprint density at radius 3 is 2.89 bits per heavy atom. The standard InChI is InChI=1S/C17H25NS/c1-13-6-5-8-15(10-13)18(2)12-16-11-14-7-3-4-9-17(14)19-16/h3-4,7,9,13,15-16H,5-6,8,10-12H2,1-2H3. The number of nitrogens with zero attached hydrogens (tertiary/aromatic N) is 1. The molecule has 1 fully saturated rings. The molecule has 0 N–H and O–H groups in total. The van der Waals surface area contributed by atoms with Gasteiger partial charge in [0.2, 0.25) is 0 Å². The van der Waals surface area contributed by atoms with Crippen LogP contribution in [0.15, 0.2) is 29.2 Å². The molecule has 2 aliphatic rings. The molecule has 1 saturated carbocycles. The Kier molecular flexibility index (Phi) is 4.18. The summed E-state index contributed by atoms with van der Waals surface area (Å²) in [5.74, 6) is 0.926. The first-order chi connectivity index (χ1) is 9.22. The van der Waals surface area contributed by atoms with Gasteiger partial charge in [0.05, 0.1) is 0 Å². The second-order valence-corrected chi connectivity index (χ2v) is 7.76. The van der Waals surface area contributed by atoms with Crippen molar-refractivity contribution in [2.45, 2.75) is 55.2 Å². The predicted molar refractivity (Wildman–Crippen MR) is 83.8 cm³/mol. The molecule has 3 unspecified atom stereocenters. The average molecular weight is 275 g/mol. The van der Waals surface area contributed by atoms with Gasteiger partial charge in [0.15, 0.2) is 0 Å². The highest BCUT2D eigenvalue weighted by molar-refractivity contribution is 8.00. The fourth-order valence-corrected chi connectivity index (χ4v) is 5.02. The van der Waals surface area contributed by atoms with Crippen LogP contribution in [0.2, 0.25) is 0 Å². The summed E-state index contributed by atoms with van der Waals surface area (Å²) in [6, 6.07) is 9.75. The third-order valence-electron chi connectivity index (χ3n) is 4.74. The van der Waals surface area contributed by atoms with Crippen LogP contribution in [0.4, 0.5) is 0 Å². The Morgan fingerprint density at radius 2 is 2.11 bits per heavy atom. The molecule has 19 heavy (non-hydrogen) atoms. The van der Waals surface area contributed by atoms with Crippen LogP contribution in [0, 0.1) is 5.92 Å². The minimum atomic E-state index is 0.764. The molecule has 2 heteroatoms. The van der Waals surface area contributed by atoms with Crippen molar-refractivity contribution in [2.75, 3.05) is 13.6 Å². The summed E-state index contributed by atoms with van der Waals surface area (Å²) < 4.78 is 0. The number of hydrogen-bond acceptors (Lipinski definition) is 2. The van der Waals surface area contributed by atoms with Gasteiger partial charge in [-0.25, -0.2) is 0 Å². The van der Waals surface area contributed by atoms with Crippen molar-refractivity contribution in [3.05, 3.63) is 29.8 Å². The molecule has 3 atom stereocenters. The normalized spacial score (nSPS) is 30.6. The van der Waals surface area contributed by atoms with Crippen molar-refractivity contribution < 1.29 is 0 Å². The Labute approximate surface area is 121 Å². The molecule has 1 nitrogen and oxygen atoms in total. The van der Waals surface area contributed by atoms with Crippen LogP contribution >= 0.6 is 11.8 Å². The van der Waals surface area contributed by atoms with Gasteiger partial charge in [0, 0.05) is 22.7 Å². The summed E-state index contributed by atoms with van der Waals surface area (Å²) in [5, 5.41) is 0.764. The van der Waals surface area contributed by atoms with E-state index in [1.807, 2.05) is 0 Å². The molecule has 1 aliphatic carbocycles. The molecule has 3 rings (SSSR count). The van der Waals surface area contributed by atoms with Gasteiger partial charge >= 0.3 is 0 Å². The van der Waals surface area contributed by atoms with Crippen LogP contribution in [0.25, 0.3) is 0 Å². The molecule has 0 saturated heterocycles. The molecule has 0 radical (unpaired) electrons. The summed E-state index contributed by atoms with van der Waals surface area (Å²) in [4.78, 5) is 4.15. The van der Waals surface area contributed by atoms with Crippen molar-refractivity contribution in [3.8, 4) is 0 Å². The van der Waals surface area contributed by atoms with E-state index in [0.29, 0.717) is 0 Å². The summed E-state index contributed by atoms with van der Waals surface area (Å²) >= 11 is 2.09. The Morgan fingerprint density at radius 1 is 1.26 bits per heavy atom. The number of hydrogen-bond donors (Lipinski definition) is 0. The van der Waals surface area contributed by atoms with E-state index in [0.717, 1.165) is 17.2 Å².